The van der Waals surface area contributed by atoms with Crippen molar-refractivity contribution < 1.29 is 26.8 Å². The molecular weight excluding hydrogens is 414 g/mol. The van der Waals surface area contributed by atoms with Gasteiger partial charge in [0.25, 0.3) is 0 Å². The Bertz CT molecular complexity index is 1050. The Balaban J connectivity index is 1.53. The molecule has 0 bridgehead atoms. The summed E-state index contributed by atoms with van der Waals surface area (Å²) in [5.41, 5.74) is 1.13. The number of nitrogens with zero attached hydrogens (tertiary/aromatic N) is 1. The number of rotatable bonds is 7. The molecule has 0 saturated carbocycles. The van der Waals surface area contributed by atoms with Crippen LogP contribution in [0, 0.1) is 17.6 Å². The van der Waals surface area contributed by atoms with E-state index in [0.717, 1.165) is 12.1 Å². The van der Waals surface area contributed by atoms with Crippen LogP contribution >= 0.6 is 0 Å². The SMILES string of the molecule is NS(=O)(=O)Cc1ccc(C(=O)CN2CCC(C(=O)c3ccc(F)c(F)c3)CC2)cc1. The fraction of sp³-hybridized carbons (Fsp3) is 0.333. The van der Waals surface area contributed by atoms with E-state index in [0.29, 0.717) is 37.1 Å². The number of sulfonamides is 1. The predicted octanol–water partition coefficient (Wildman–Crippen LogP) is 2.53. The van der Waals surface area contributed by atoms with Gasteiger partial charge in [0, 0.05) is 17.0 Å². The number of benzene rings is 2. The van der Waals surface area contributed by atoms with E-state index in [1.54, 1.807) is 24.3 Å². The number of hydrogen-bond acceptors (Lipinski definition) is 5. The zero-order chi connectivity index (χ0) is 21.9. The fourth-order valence-electron chi connectivity index (χ4n) is 3.55. The molecule has 1 aliphatic rings. The standard InChI is InChI=1S/C21H22F2N2O4S/c22-18-6-5-17(11-19(18)23)21(27)16-7-9-25(10-8-16)12-20(26)15-3-1-14(2-4-15)13-30(24,28)29/h1-6,11,16H,7-10,12-13H2,(H2,24,28,29). The topological polar surface area (TPSA) is 97.5 Å². The van der Waals surface area contributed by atoms with Gasteiger partial charge in [0.2, 0.25) is 10.0 Å². The van der Waals surface area contributed by atoms with Gasteiger partial charge in [0.05, 0.1) is 12.3 Å². The van der Waals surface area contributed by atoms with Gasteiger partial charge in [-0.2, -0.15) is 0 Å². The molecule has 2 aromatic rings. The molecule has 0 amide bonds. The number of halogens is 2. The summed E-state index contributed by atoms with van der Waals surface area (Å²) in [6.45, 7) is 1.26. The molecule has 160 valence electrons. The molecule has 2 N–H and O–H groups in total. The predicted molar refractivity (Wildman–Crippen MR) is 107 cm³/mol. The van der Waals surface area contributed by atoms with E-state index < -0.39 is 21.7 Å². The first-order valence-corrected chi connectivity index (χ1v) is 11.2. The first kappa shape index (κ1) is 22.2. The van der Waals surface area contributed by atoms with Gasteiger partial charge in [0.1, 0.15) is 0 Å². The molecule has 0 aromatic heterocycles. The van der Waals surface area contributed by atoms with E-state index in [9.17, 15) is 26.8 Å². The molecule has 0 atom stereocenters. The number of primary sulfonamides is 1. The van der Waals surface area contributed by atoms with Gasteiger partial charge in [-0.1, -0.05) is 24.3 Å². The van der Waals surface area contributed by atoms with Gasteiger partial charge in [-0.25, -0.2) is 22.3 Å². The zero-order valence-corrected chi connectivity index (χ0v) is 17.0. The quantitative estimate of drug-likeness (QED) is 0.673. The second-order valence-corrected chi connectivity index (χ2v) is 9.09. The maximum Gasteiger partial charge on any atom is 0.213 e. The van der Waals surface area contributed by atoms with Crippen LogP contribution in [0.3, 0.4) is 0 Å². The maximum atomic E-state index is 13.4. The van der Waals surface area contributed by atoms with E-state index >= 15 is 0 Å². The van der Waals surface area contributed by atoms with Crippen molar-refractivity contribution in [2.75, 3.05) is 19.6 Å². The third-order valence-electron chi connectivity index (χ3n) is 5.17. The van der Waals surface area contributed by atoms with Crippen molar-refractivity contribution >= 4 is 21.6 Å². The summed E-state index contributed by atoms with van der Waals surface area (Å²) in [4.78, 5) is 26.9. The molecule has 1 saturated heterocycles. The van der Waals surface area contributed by atoms with Crippen molar-refractivity contribution in [2.24, 2.45) is 11.1 Å². The molecule has 30 heavy (non-hydrogen) atoms. The molecule has 0 radical (unpaired) electrons. The van der Waals surface area contributed by atoms with Crippen molar-refractivity contribution in [3.05, 3.63) is 70.8 Å². The Labute approximate surface area is 173 Å². The summed E-state index contributed by atoms with van der Waals surface area (Å²) in [6, 6.07) is 9.42. The highest BCUT2D eigenvalue weighted by atomic mass is 32.2. The number of piperidine rings is 1. The molecule has 0 unspecified atom stereocenters. The minimum absolute atomic E-state index is 0.109. The summed E-state index contributed by atoms with van der Waals surface area (Å²) >= 11 is 0. The number of likely N-dealkylation sites (tertiary alicyclic amines) is 1. The minimum Gasteiger partial charge on any atom is -0.296 e. The molecule has 0 spiro atoms. The first-order valence-electron chi connectivity index (χ1n) is 9.46. The second kappa shape index (κ2) is 9.11. The summed E-state index contributed by atoms with van der Waals surface area (Å²) < 4.78 is 48.7. The number of nitrogens with two attached hydrogens (primary N) is 1. The zero-order valence-electron chi connectivity index (χ0n) is 16.2. The van der Waals surface area contributed by atoms with Crippen LogP contribution in [-0.4, -0.2) is 44.5 Å². The van der Waals surface area contributed by atoms with E-state index in [-0.39, 0.29) is 35.3 Å². The van der Waals surface area contributed by atoms with E-state index in [1.165, 1.54) is 6.07 Å². The average molecular weight is 436 g/mol. The second-order valence-electron chi connectivity index (χ2n) is 7.47. The van der Waals surface area contributed by atoms with Crippen LogP contribution in [0.15, 0.2) is 42.5 Å². The van der Waals surface area contributed by atoms with Crippen LogP contribution in [-0.2, 0) is 15.8 Å². The van der Waals surface area contributed by atoms with Crippen molar-refractivity contribution in [1.82, 2.24) is 4.90 Å². The molecule has 1 heterocycles. The maximum absolute atomic E-state index is 13.4. The lowest BCUT2D eigenvalue weighted by Crippen LogP contribution is -2.39. The van der Waals surface area contributed by atoms with Gasteiger partial charge in [-0.15, -0.1) is 0 Å². The van der Waals surface area contributed by atoms with Gasteiger partial charge < -0.3 is 0 Å². The van der Waals surface area contributed by atoms with Crippen LogP contribution in [0.1, 0.15) is 39.1 Å². The van der Waals surface area contributed by atoms with Crippen molar-refractivity contribution in [3.8, 4) is 0 Å². The molecule has 3 rings (SSSR count). The van der Waals surface area contributed by atoms with Crippen LogP contribution in [0.25, 0.3) is 0 Å². The fourth-order valence-corrected chi connectivity index (χ4v) is 4.21. The van der Waals surface area contributed by atoms with Gasteiger partial charge >= 0.3 is 0 Å². The number of hydrogen-bond donors (Lipinski definition) is 1. The van der Waals surface area contributed by atoms with Crippen LogP contribution in [0.2, 0.25) is 0 Å². The molecule has 2 aromatic carbocycles. The Morgan fingerprint density at radius 3 is 2.13 bits per heavy atom. The van der Waals surface area contributed by atoms with Crippen LogP contribution in [0.4, 0.5) is 8.78 Å². The molecule has 0 aliphatic carbocycles. The third-order valence-corrected chi connectivity index (χ3v) is 5.91. The van der Waals surface area contributed by atoms with E-state index in [4.69, 9.17) is 5.14 Å². The Morgan fingerprint density at radius 2 is 1.57 bits per heavy atom. The Kier molecular flexibility index (Phi) is 6.74. The van der Waals surface area contributed by atoms with Crippen LogP contribution in [0.5, 0.6) is 0 Å². The average Bonchev–Trinajstić information content (AvgIpc) is 2.69. The molecule has 6 nitrogen and oxygen atoms in total. The largest absolute Gasteiger partial charge is 0.296 e. The Hall–Kier alpha value is -2.49. The summed E-state index contributed by atoms with van der Waals surface area (Å²) in [5, 5.41) is 5.01. The van der Waals surface area contributed by atoms with Crippen molar-refractivity contribution in [2.45, 2.75) is 18.6 Å². The van der Waals surface area contributed by atoms with E-state index in [1.807, 2.05) is 4.90 Å². The number of Topliss-reactive ketones (excluding diaryl/α,β-unsaturated/α-hetero) is 2. The number of carbonyl (C=O) groups excluding carboxylic acids is 2. The monoisotopic (exact) mass is 436 g/mol. The molecular formula is C21H22F2N2O4S. The van der Waals surface area contributed by atoms with Gasteiger partial charge in [-0.05, 0) is 49.7 Å². The number of ketones is 2. The summed E-state index contributed by atoms with van der Waals surface area (Å²) in [5.74, 6) is -2.94. The first-order chi connectivity index (χ1) is 14.1. The molecule has 9 heteroatoms. The Morgan fingerprint density at radius 1 is 0.967 bits per heavy atom. The van der Waals surface area contributed by atoms with Gasteiger partial charge in [0.15, 0.2) is 23.2 Å². The summed E-state index contributed by atoms with van der Waals surface area (Å²) in [7, 11) is -3.63. The van der Waals surface area contributed by atoms with Crippen molar-refractivity contribution in [3.63, 3.8) is 0 Å². The smallest absolute Gasteiger partial charge is 0.213 e. The normalized spacial score (nSPS) is 15.8. The van der Waals surface area contributed by atoms with Crippen molar-refractivity contribution in [1.29, 1.82) is 0 Å². The number of carbonyl (C=O) groups is 2. The molecule has 1 fully saturated rings. The third kappa shape index (κ3) is 5.78. The van der Waals surface area contributed by atoms with E-state index in [2.05, 4.69) is 0 Å². The van der Waals surface area contributed by atoms with Crippen LogP contribution < -0.4 is 5.14 Å². The lowest BCUT2D eigenvalue weighted by molar-refractivity contribution is 0.0805. The highest BCUT2D eigenvalue weighted by molar-refractivity contribution is 7.88. The minimum atomic E-state index is -3.63. The lowest BCUT2D eigenvalue weighted by Gasteiger charge is -2.30. The highest BCUT2D eigenvalue weighted by Gasteiger charge is 2.27. The van der Waals surface area contributed by atoms with Gasteiger partial charge in [-0.3, -0.25) is 14.5 Å². The highest BCUT2D eigenvalue weighted by Crippen LogP contribution is 2.23. The lowest BCUT2D eigenvalue weighted by atomic mass is 9.88. The summed E-state index contributed by atoms with van der Waals surface area (Å²) in [6.07, 6.45) is 1.05. The molecule has 1 aliphatic heterocycles.